The lowest BCUT2D eigenvalue weighted by atomic mass is 9.95. The average Bonchev–Trinajstić information content (AvgIpc) is 3.13. The molecule has 2 N–H and O–H groups in total. The Balaban J connectivity index is 2.09. The van der Waals surface area contributed by atoms with Gasteiger partial charge in [0.2, 0.25) is 5.75 Å². The molecule has 3 aromatic rings. The number of aromatic nitrogens is 3. The van der Waals surface area contributed by atoms with E-state index in [0.29, 0.717) is 28.7 Å². The number of fused-ring (bicyclic) bond motifs is 2. The van der Waals surface area contributed by atoms with Crippen molar-refractivity contribution < 1.29 is 14.2 Å². The van der Waals surface area contributed by atoms with Crippen LogP contribution in [0, 0.1) is 0 Å². The van der Waals surface area contributed by atoms with Crippen molar-refractivity contribution in [3.05, 3.63) is 29.7 Å². The molecule has 26 heavy (non-hydrogen) atoms. The summed E-state index contributed by atoms with van der Waals surface area (Å²) >= 11 is 0. The molecule has 1 aliphatic rings. The maximum absolute atomic E-state index is 6.21. The van der Waals surface area contributed by atoms with Crippen LogP contribution in [-0.4, -0.2) is 36.3 Å². The summed E-state index contributed by atoms with van der Waals surface area (Å²) < 4.78 is 16.5. The number of nitrogens with two attached hydrogens (primary N) is 1. The van der Waals surface area contributed by atoms with Crippen LogP contribution in [0.15, 0.2) is 18.5 Å². The van der Waals surface area contributed by atoms with Crippen LogP contribution in [0.5, 0.6) is 17.2 Å². The van der Waals surface area contributed by atoms with Gasteiger partial charge in [0.05, 0.1) is 26.7 Å². The topological polar surface area (TPSA) is 92.4 Å². The molecular formula is C19H20N4O3. The standard InChI is InChI=1S/C19H20N4O3/c1-24-13-7-10(8-14(25-2)17(13)26-3)15-11-5-4-6-12(11)23-19-16(15)18(20)21-9-22-19/h7-9H,4-6H2,1-3H3,(H2,20,21,22,23). The summed E-state index contributed by atoms with van der Waals surface area (Å²) in [6.07, 6.45) is 4.39. The average molecular weight is 352 g/mol. The Morgan fingerprint density at radius 2 is 1.69 bits per heavy atom. The maximum Gasteiger partial charge on any atom is 0.203 e. The molecule has 0 saturated heterocycles. The van der Waals surface area contributed by atoms with Crippen molar-refractivity contribution in [3.8, 4) is 28.4 Å². The van der Waals surface area contributed by atoms with Crippen LogP contribution in [-0.2, 0) is 12.8 Å². The summed E-state index contributed by atoms with van der Waals surface area (Å²) in [6.45, 7) is 0. The Kier molecular flexibility index (Phi) is 3.99. The van der Waals surface area contributed by atoms with Crippen molar-refractivity contribution in [3.63, 3.8) is 0 Å². The summed E-state index contributed by atoms with van der Waals surface area (Å²) in [4.78, 5) is 13.2. The van der Waals surface area contributed by atoms with Gasteiger partial charge in [0.1, 0.15) is 12.1 Å². The van der Waals surface area contributed by atoms with Crippen molar-refractivity contribution in [2.45, 2.75) is 19.3 Å². The number of hydrogen-bond donors (Lipinski definition) is 1. The molecule has 7 heteroatoms. The monoisotopic (exact) mass is 352 g/mol. The van der Waals surface area contributed by atoms with Gasteiger partial charge in [0.25, 0.3) is 0 Å². The zero-order chi connectivity index (χ0) is 18.3. The van der Waals surface area contributed by atoms with Crippen LogP contribution < -0.4 is 19.9 Å². The Morgan fingerprint density at radius 1 is 0.962 bits per heavy atom. The van der Waals surface area contributed by atoms with Crippen molar-refractivity contribution in [2.75, 3.05) is 27.1 Å². The highest BCUT2D eigenvalue weighted by molar-refractivity contribution is 6.01. The summed E-state index contributed by atoms with van der Waals surface area (Å²) in [6, 6.07) is 3.86. The number of benzene rings is 1. The molecule has 1 aliphatic carbocycles. The molecule has 0 atom stereocenters. The predicted octanol–water partition coefficient (Wildman–Crippen LogP) is 2.79. The van der Waals surface area contributed by atoms with Gasteiger partial charge in [-0.05, 0) is 42.5 Å². The largest absolute Gasteiger partial charge is 0.493 e. The van der Waals surface area contributed by atoms with Gasteiger partial charge in [-0.3, -0.25) is 0 Å². The molecule has 0 bridgehead atoms. The van der Waals surface area contributed by atoms with E-state index in [4.69, 9.17) is 24.9 Å². The lowest BCUT2D eigenvalue weighted by Crippen LogP contribution is -2.03. The normalized spacial score (nSPS) is 12.9. The van der Waals surface area contributed by atoms with E-state index in [1.165, 1.54) is 11.9 Å². The highest BCUT2D eigenvalue weighted by Crippen LogP contribution is 2.45. The molecule has 0 amide bonds. The van der Waals surface area contributed by atoms with E-state index in [-0.39, 0.29) is 0 Å². The molecule has 0 saturated carbocycles. The van der Waals surface area contributed by atoms with E-state index in [0.717, 1.165) is 41.5 Å². The molecule has 7 nitrogen and oxygen atoms in total. The van der Waals surface area contributed by atoms with E-state index >= 15 is 0 Å². The van der Waals surface area contributed by atoms with Crippen LogP contribution in [0.1, 0.15) is 17.7 Å². The van der Waals surface area contributed by atoms with Crippen molar-refractivity contribution in [2.24, 2.45) is 0 Å². The van der Waals surface area contributed by atoms with E-state index in [1.807, 2.05) is 12.1 Å². The number of anilines is 1. The summed E-state index contributed by atoms with van der Waals surface area (Å²) in [5.41, 5.74) is 11.0. The van der Waals surface area contributed by atoms with Crippen molar-refractivity contribution in [1.82, 2.24) is 15.0 Å². The molecule has 0 radical (unpaired) electrons. The second-order valence-corrected chi connectivity index (χ2v) is 6.14. The molecule has 4 rings (SSSR count). The minimum absolute atomic E-state index is 0.418. The first kappa shape index (κ1) is 16.4. The third-order valence-electron chi connectivity index (χ3n) is 4.79. The maximum atomic E-state index is 6.21. The van der Waals surface area contributed by atoms with Gasteiger partial charge in [-0.2, -0.15) is 0 Å². The number of hydrogen-bond acceptors (Lipinski definition) is 7. The van der Waals surface area contributed by atoms with Crippen molar-refractivity contribution in [1.29, 1.82) is 0 Å². The zero-order valence-corrected chi connectivity index (χ0v) is 15.0. The van der Waals surface area contributed by atoms with Gasteiger partial charge in [0, 0.05) is 11.3 Å². The highest BCUT2D eigenvalue weighted by Gasteiger charge is 2.25. The number of methoxy groups -OCH3 is 3. The van der Waals surface area contributed by atoms with E-state index in [1.54, 1.807) is 21.3 Å². The van der Waals surface area contributed by atoms with E-state index in [9.17, 15) is 0 Å². The van der Waals surface area contributed by atoms with Crippen LogP contribution in [0.25, 0.3) is 22.2 Å². The SMILES string of the molecule is COc1cc(-c2c3c(nc4ncnc(N)c24)CCC3)cc(OC)c1OC. The minimum Gasteiger partial charge on any atom is -0.493 e. The number of pyridine rings is 1. The lowest BCUT2D eigenvalue weighted by molar-refractivity contribution is 0.324. The van der Waals surface area contributed by atoms with Crippen LogP contribution in [0.4, 0.5) is 5.82 Å². The first-order chi connectivity index (χ1) is 12.7. The van der Waals surface area contributed by atoms with Gasteiger partial charge in [-0.25, -0.2) is 15.0 Å². The summed E-state index contributed by atoms with van der Waals surface area (Å²) in [7, 11) is 4.80. The van der Waals surface area contributed by atoms with Crippen LogP contribution in [0.3, 0.4) is 0 Å². The second-order valence-electron chi connectivity index (χ2n) is 6.14. The number of nitrogens with zero attached hydrogens (tertiary/aromatic N) is 3. The van der Waals surface area contributed by atoms with Gasteiger partial charge in [0.15, 0.2) is 17.1 Å². The fourth-order valence-electron chi connectivity index (χ4n) is 3.66. The molecular weight excluding hydrogens is 332 g/mol. The number of ether oxygens (including phenoxy) is 3. The summed E-state index contributed by atoms with van der Waals surface area (Å²) in [5, 5.41) is 0.766. The number of nitrogen functional groups attached to an aromatic ring is 1. The van der Waals surface area contributed by atoms with Crippen molar-refractivity contribution >= 4 is 16.9 Å². The van der Waals surface area contributed by atoms with Gasteiger partial charge >= 0.3 is 0 Å². The Morgan fingerprint density at radius 3 is 2.35 bits per heavy atom. The number of rotatable bonds is 4. The molecule has 2 heterocycles. The third kappa shape index (κ3) is 2.39. The fraction of sp³-hybridized carbons (Fsp3) is 0.316. The molecule has 1 aromatic carbocycles. The fourth-order valence-corrected chi connectivity index (χ4v) is 3.66. The molecule has 0 spiro atoms. The molecule has 134 valence electrons. The predicted molar refractivity (Wildman–Crippen MR) is 98.9 cm³/mol. The van der Waals surface area contributed by atoms with Crippen LogP contribution in [0.2, 0.25) is 0 Å². The number of aryl methyl sites for hydroxylation is 1. The zero-order valence-electron chi connectivity index (χ0n) is 15.0. The molecule has 2 aromatic heterocycles. The third-order valence-corrected chi connectivity index (χ3v) is 4.79. The quantitative estimate of drug-likeness (QED) is 0.772. The second kappa shape index (κ2) is 6.33. The summed E-state index contributed by atoms with van der Waals surface area (Å²) in [5.74, 6) is 2.15. The molecule has 0 unspecified atom stereocenters. The lowest BCUT2D eigenvalue weighted by Gasteiger charge is -2.17. The Bertz CT molecular complexity index is 979. The Hall–Kier alpha value is -3.09. The van der Waals surface area contributed by atoms with E-state index < -0.39 is 0 Å². The van der Waals surface area contributed by atoms with Gasteiger partial charge in [-0.15, -0.1) is 0 Å². The first-order valence-electron chi connectivity index (χ1n) is 8.40. The molecule has 0 fully saturated rings. The highest BCUT2D eigenvalue weighted by atomic mass is 16.5. The molecule has 0 aliphatic heterocycles. The van der Waals surface area contributed by atoms with Crippen LogP contribution >= 0.6 is 0 Å². The first-order valence-corrected chi connectivity index (χ1v) is 8.40. The minimum atomic E-state index is 0.418. The van der Waals surface area contributed by atoms with Gasteiger partial charge in [-0.1, -0.05) is 0 Å². The smallest absolute Gasteiger partial charge is 0.203 e. The Labute approximate surface area is 151 Å². The van der Waals surface area contributed by atoms with E-state index in [2.05, 4.69) is 9.97 Å². The van der Waals surface area contributed by atoms with Gasteiger partial charge < -0.3 is 19.9 Å².